The van der Waals surface area contributed by atoms with Gasteiger partial charge in [-0.3, -0.25) is 4.79 Å². The first kappa shape index (κ1) is 17.0. The van der Waals surface area contributed by atoms with Crippen LogP contribution in [0.15, 0.2) is 36.4 Å². The first-order valence-electron chi connectivity index (χ1n) is 8.18. The molecule has 1 heterocycles. The van der Waals surface area contributed by atoms with Crippen LogP contribution in [-0.2, 0) is 4.79 Å². The number of anilines is 2. The van der Waals surface area contributed by atoms with Crippen LogP contribution in [0.3, 0.4) is 0 Å². The van der Waals surface area contributed by atoms with Gasteiger partial charge in [0.15, 0.2) is 11.5 Å². The number of benzene rings is 2. The summed E-state index contributed by atoms with van der Waals surface area (Å²) < 4.78 is 16.4. The molecule has 3 rings (SSSR count). The highest BCUT2D eigenvalue weighted by Gasteiger charge is 2.17. The van der Waals surface area contributed by atoms with Gasteiger partial charge in [0, 0.05) is 11.8 Å². The topological polar surface area (TPSA) is 68.8 Å². The predicted molar refractivity (Wildman–Crippen MR) is 96.9 cm³/mol. The van der Waals surface area contributed by atoms with Crippen molar-refractivity contribution in [3.63, 3.8) is 0 Å². The van der Waals surface area contributed by atoms with Crippen molar-refractivity contribution < 1.29 is 19.0 Å². The van der Waals surface area contributed by atoms with Gasteiger partial charge in [-0.2, -0.15) is 0 Å². The Balaban J connectivity index is 1.68. The average Bonchev–Trinajstić information content (AvgIpc) is 2.61. The molecule has 0 aliphatic carbocycles. The Morgan fingerprint density at radius 1 is 1.12 bits per heavy atom. The number of aryl methyl sites for hydroxylation is 1. The largest absolute Gasteiger partial charge is 0.495 e. The summed E-state index contributed by atoms with van der Waals surface area (Å²) in [6.07, 6.45) is 0. The van der Waals surface area contributed by atoms with Crippen molar-refractivity contribution in [2.75, 3.05) is 31.0 Å². The summed E-state index contributed by atoms with van der Waals surface area (Å²) in [5.74, 6) is 1.88. The van der Waals surface area contributed by atoms with Crippen LogP contribution in [0.1, 0.15) is 12.5 Å². The van der Waals surface area contributed by atoms with E-state index in [4.69, 9.17) is 14.2 Å². The second-order valence-corrected chi connectivity index (χ2v) is 5.92. The van der Waals surface area contributed by atoms with E-state index in [1.54, 1.807) is 32.2 Å². The predicted octanol–water partition coefficient (Wildman–Crippen LogP) is 3.21. The van der Waals surface area contributed by atoms with Crippen molar-refractivity contribution in [2.24, 2.45) is 0 Å². The van der Waals surface area contributed by atoms with E-state index >= 15 is 0 Å². The smallest absolute Gasteiger partial charge is 0.246 e. The minimum atomic E-state index is -0.441. The van der Waals surface area contributed by atoms with Gasteiger partial charge in [-0.25, -0.2) is 0 Å². The van der Waals surface area contributed by atoms with Crippen LogP contribution < -0.4 is 24.8 Å². The van der Waals surface area contributed by atoms with Gasteiger partial charge in [0.25, 0.3) is 0 Å². The lowest BCUT2D eigenvalue weighted by Crippen LogP contribution is -2.32. The number of hydrogen-bond donors (Lipinski definition) is 2. The number of hydrogen-bond acceptors (Lipinski definition) is 5. The van der Waals surface area contributed by atoms with Gasteiger partial charge in [-0.05, 0) is 43.7 Å². The first-order chi connectivity index (χ1) is 12.1. The van der Waals surface area contributed by atoms with E-state index < -0.39 is 6.04 Å². The molecule has 2 N–H and O–H groups in total. The Morgan fingerprint density at radius 2 is 1.88 bits per heavy atom. The van der Waals surface area contributed by atoms with Crippen molar-refractivity contribution in [1.82, 2.24) is 0 Å². The standard InChI is InChI=1S/C19H22N2O4/c1-12-4-6-16(23-3)15(10-12)20-13(2)19(22)21-14-5-7-17-18(11-14)25-9-8-24-17/h4-7,10-11,13,20H,8-9H2,1-3H3,(H,21,22). The van der Waals surface area contributed by atoms with Gasteiger partial charge >= 0.3 is 0 Å². The van der Waals surface area contributed by atoms with Crippen LogP contribution >= 0.6 is 0 Å². The number of nitrogens with one attached hydrogen (secondary N) is 2. The average molecular weight is 342 g/mol. The lowest BCUT2D eigenvalue weighted by molar-refractivity contribution is -0.116. The minimum Gasteiger partial charge on any atom is -0.495 e. The summed E-state index contributed by atoms with van der Waals surface area (Å²) in [5.41, 5.74) is 2.54. The summed E-state index contributed by atoms with van der Waals surface area (Å²) in [6.45, 7) is 4.84. The minimum absolute atomic E-state index is 0.153. The van der Waals surface area contributed by atoms with Crippen molar-refractivity contribution in [1.29, 1.82) is 0 Å². The van der Waals surface area contributed by atoms with E-state index in [2.05, 4.69) is 10.6 Å². The second-order valence-electron chi connectivity index (χ2n) is 5.92. The summed E-state index contributed by atoms with van der Waals surface area (Å²) in [4.78, 5) is 12.5. The van der Waals surface area contributed by atoms with Crippen molar-refractivity contribution in [3.8, 4) is 17.2 Å². The van der Waals surface area contributed by atoms with E-state index in [1.165, 1.54) is 0 Å². The maximum absolute atomic E-state index is 12.5. The van der Waals surface area contributed by atoms with Gasteiger partial charge in [-0.15, -0.1) is 0 Å². The maximum atomic E-state index is 12.5. The van der Waals surface area contributed by atoms with Crippen LogP contribution in [-0.4, -0.2) is 32.3 Å². The Hall–Kier alpha value is -2.89. The number of fused-ring (bicyclic) bond motifs is 1. The molecule has 1 aliphatic heterocycles. The molecule has 1 atom stereocenters. The van der Waals surface area contributed by atoms with Crippen LogP contribution in [0.2, 0.25) is 0 Å². The van der Waals surface area contributed by atoms with Gasteiger partial charge in [0.2, 0.25) is 5.91 Å². The Bertz CT molecular complexity index is 776. The van der Waals surface area contributed by atoms with Crippen molar-refractivity contribution >= 4 is 17.3 Å². The molecule has 0 aromatic heterocycles. The summed E-state index contributed by atoms with van der Waals surface area (Å²) in [7, 11) is 1.61. The molecular weight excluding hydrogens is 320 g/mol. The second kappa shape index (κ2) is 7.34. The fraction of sp³-hybridized carbons (Fsp3) is 0.316. The lowest BCUT2D eigenvalue weighted by Gasteiger charge is -2.20. The van der Waals surface area contributed by atoms with Gasteiger partial charge in [-0.1, -0.05) is 6.07 Å². The molecule has 1 unspecified atom stereocenters. The molecule has 2 aromatic rings. The lowest BCUT2D eigenvalue weighted by atomic mass is 10.2. The van der Waals surface area contributed by atoms with Crippen molar-refractivity contribution in [2.45, 2.75) is 19.9 Å². The van der Waals surface area contributed by atoms with Gasteiger partial charge in [0.05, 0.1) is 12.8 Å². The van der Waals surface area contributed by atoms with E-state index in [-0.39, 0.29) is 5.91 Å². The van der Waals surface area contributed by atoms with Crippen LogP contribution in [0.25, 0.3) is 0 Å². The highest BCUT2D eigenvalue weighted by molar-refractivity contribution is 5.96. The number of carbonyl (C=O) groups excluding carboxylic acids is 1. The molecule has 132 valence electrons. The third-order valence-corrected chi connectivity index (χ3v) is 3.93. The third-order valence-electron chi connectivity index (χ3n) is 3.93. The molecule has 1 amide bonds. The molecule has 0 radical (unpaired) electrons. The summed E-state index contributed by atoms with van der Waals surface area (Å²) >= 11 is 0. The molecule has 0 fully saturated rings. The molecule has 25 heavy (non-hydrogen) atoms. The third kappa shape index (κ3) is 3.96. The quantitative estimate of drug-likeness (QED) is 0.873. The number of rotatable bonds is 5. The van der Waals surface area contributed by atoms with E-state index in [1.807, 2.05) is 25.1 Å². The normalized spacial score (nSPS) is 13.7. The van der Waals surface area contributed by atoms with Crippen LogP contribution in [0.5, 0.6) is 17.2 Å². The number of methoxy groups -OCH3 is 1. The monoisotopic (exact) mass is 342 g/mol. The molecule has 0 bridgehead atoms. The molecule has 2 aromatic carbocycles. The molecule has 0 saturated heterocycles. The zero-order valence-electron chi connectivity index (χ0n) is 14.6. The van der Waals surface area contributed by atoms with Crippen LogP contribution in [0.4, 0.5) is 11.4 Å². The van der Waals surface area contributed by atoms with Gasteiger partial charge < -0.3 is 24.8 Å². The SMILES string of the molecule is COc1ccc(C)cc1NC(C)C(=O)Nc1ccc2c(c1)OCCO2. The zero-order chi connectivity index (χ0) is 17.8. The molecule has 1 aliphatic rings. The summed E-state index contributed by atoms with van der Waals surface area (Å²) in [6, 6.07) is 10.7. The number of carbonyl (C=O) groups is 1. The van der Waals surface area contributed by atoms with Gasteiger partial charge in [0.1, 0.15) is 25.0 Å². The van der Waals surface area contributed by atoms with E-state index in [9.17, 15) is 4.79 Å². The van der Waals surface area contributed by atoms with E-state index in [0.29, 0.717) is 36.1 Å². The van der Waals surface area contributed by atoms with E-state index in [0.717, 1.165) is 11.3 Å². The molecule has 6 heteroatoms. The highest BCUT2D eigenvalue weighted by atomic mass is 16.6. The molecule has 0 spiro atoms. The first-order valence-corrected chi connectivity index (χ1v) is 8.18. The Kier molecular flexibility index (Phi) is 4.97. The highest BCUT2D eigenvalue weighted by Crippen LogP contribution is 2.32. The van der Waals surface area contributed by atoms with Crippen LogP contribution in [0, 0.1) is 6.92 Å². The number of ether oxygens (including phenoxy) is 3. The fourth-order valence-corrected chi connectivity index (χ4v) is 2.61. The fourth-order valence-electron chi connectivity index (χ4n) is 2.61. The number of amides is 1. The Labute approximate surface area is 147 Å². The molecular formula is C19H22N2O4. The molecule has 6 nitrogen and oxygen atoms in total. The molecule has 0 saturated carbocycles. The maximum Gasteiger partial charge on any atom is 0.246 e. The van der Waals surface area contributed by atoms with Crippen molar-refractivity contribution in [3.05, 3.63) is 42.0 Å². The Morgan fingerprint density at radius 3 is 2.64 bits per heavy atom. The zero-order valence-corrected chi connectivity index (χ0v) is 14.6. The summed E-state index contributed by atoms with van der Waals surface area (Å²) in [5, 5.41) is 6.08.